The molecule has 0 bridgehead atoms. The molecule has 0 fully saturated rings. The number of carboxylic acid groups (broad SMARTS) is 1. The van der Waals surface area contributed by atoms with Crippen LogP contribution in [0.15, 0.2) is 12.2 Å². The molecule has 58 valence electrons. The Kier molecular flexibility index (Phi) is 3.03. The third kappa shape index (κ3) is 2.13. The Balaban J connectivity index is 4.86. The molecule has 5 heteroatoms. The number of allylic oxidation sites excluding steroid dienone is 1. The van der Waals surface area contributed by atoms with Crippen molar-refractivity contribution >= 4 is 5.97 Å². The molecule has 0 heterocycles. The van der Waals surface area contributed by atoms with E-state index in [-0.39, 0.29) is 0 Å². The van der Waals surface area contributed by atoms with Gasteiger partial charge in [-0.2, -0.15) is 15.8 Å². The number of nitrogens with zero attached hydrogens (tertiary/aromatic N) is 3. The Morgan fingerprint density at radius 1 is 1.25 bits per heavy atom. The maximum atomic E-state index is 9.98. The molecule has 0 spiro atoms. The Morgan fingerprint density at radius 2 is 1.67 bits per heavy atom. The van der Waals surface area contributed by atoms with Crippen molar-refractivity contribution in [1.29, 1.82) is 15.8 Å². The average molecular weight is 161 g/mol. The van der Waals surface area contributed by atoms with Gasteiger partial charge in [-0.3, -0.25) is 0 Å². The van der Waals surface area contributed by atoms with Crippen LogP contribution in [-0.4, -0.2) is 11.1 Å². The molecular formula is C7H3N3O2. The van der Waals surface area contributed by atoms with Gasteiger partial charge >= 0.3 is 5.97 Å². The van der Waals surface area contributed by atoms with Crippen molar-refractivity contribution in [3.05, 3.63) is 12.2 Å². The van der Waals surface area contributed by atoms with E-state index >= 15 is 0 Å². The van der Waals surface area contributed by atoms with Gasteiger partial charge in [0.2, 0.25) is 5.41 Å². The quantitative estimate of drug-likeness (QED) is 0.581. The van der Waals surface area contributed by atoms with Crippen molar-refractivity contribution in [3.8, 4) is 18.2 Å². The summed E-state index contributed by atoms with van der Waals surface area (Å²) in [5, 5.41) is 33.2. The Morgan fingerprint density at radius 3 is 1.92 bits per heavy atom. The minimum atomic E-state index is -1.99. The third-order valence-electron chi connectivity index (χ3n) is 1.00. The number of hydrogen-bond donors (Lipinski definition) is 1. The second-order valence-electron chi connectivity index (χ2n) is 1.81. The second kappa shape index (κ2) is 3.75. The SMILES string of the molecule is N#CC(C#N)(C#N)C=CC(=O)O. The lowest BCUT2D eigenvalue weighted by Crippen LogP contribution is -2.09. The molecule has 0 aliphatic heterocycles. The van der Waals surface area contributed by atoms with Crippen LogP contribution in [0.25, 0.3) is 0 Å². The van der Waals surface area contributed by atoms with Gasteiger partial charge in [-0.25, -0.2) is 4.79 Å². The van der Waals surface area contributed by atoms with E-state index in [1.165, 1.54) is 18.2 Å². The van der Waals surface area contributed by atoms with Gasteiger partial charge in [0.25, 0.3) is 0 Å². The van der Waals surface area contributed by atoms with Gasteiger partial charge < -0.3 is 5.11 Å². The van der Waals surface area contributed by atoms with Crippen LogP contribution < -0.4 is 0 Å². The second-order valence-corrected chi connectivity index (χ2v) is 1.81. The number of aliphatic carboxylic acids is 1. The number of rotatable bonds is 2. The van der Waals surface area contributed by atoms with E-state index in [4.69, 9.17) is 20.9 Å². The fourth-order valence-corrected chi connectivity index (χ4v) is 0.383. The molecule has 0 unspecified atom stereocenters. The molecule has 0 radical (unpaired) electrons. The van der Waals surface area contributed by atoms with Crippen LogP contribution in [0.2, 0.25) is 0 Å². The lowest BCUT2D eigenvalue weighted by Gasteiger charge is -1.98. The van der Waals surface area contributed by atoms with Crippen LogP contribution in [0.1, 0.15) is 0 Å². The van der Waals surface area contributed by atoms with Crippen LogP contribution in [0.3, 0.4) is 0 Å². The number of carbonyl (C=O) groups is 1. The molecule has 0 aromatic heterocycles. The maximum Gasteiger partial charge on any atom is 0.328 e. The van der Waals surface area contributed by atoms with Crippen molar-refractivity contribution in [2.45, 2.75) is 0 Å². The van der Waals surface area contributed by atoms with Crippen LogP contribution in [-0.2, 0) is 4.79 Å². The van der Waals surface area contributed by atoms with E-state index in [1.807, 2.05) is 0 Å². The molecule has 0 aromatic carbocycles. The van der Waals surface area contributed by atoms with Gasteiger partial charge in [0.1, 0.15) is 18.2 Å². The Bertz CT molecular complexity index is 301. The van der Waals surface area contributed by atoms with E-state index in [9.17, 15) is 4.79 Å². The first-order valence-corrected chi connectivity index (χ1v) is 2.76. The van der Waals surface area contributed by atoms with Gasteiger partial charge in [0.15, 0.2) is 0 Å². The van der Waals surface area contributed by atoms with Gasteiger partial charge in [0.05, 0.1) is 0 Å². The molecule has 1 N–H and O–H groups in total. The van der Waals surface area contributed by atoms with Crippen LogP contribution in [0, 0.1) is 39.4 Å². The van der Waals surface area contributed by atoms with Crippen LogP contribution >= 0.6 is 0 Å². The summed E-state index contributed by atoms with van der Waals surface area (Å²) in [7, 11) is 0. The summed E-state index contributed by atoms with van der Waals surface area (Å²) in [6.07, 6.45) is 1.34. The summed E-state index contributed by atoms with van der Waals surface area (Å²) >= 11 is 0. The minimum Gasteiger partial charge on any atom is -0.478 e. The predicted octanol–water partition coefficient (Wildman–Crippen LogP) is 0.184. The highest BCUT2D eigenvalue weighted by Gasteiger charge is 2.26. The zero-order valence-corrected chi connectivity index (χ0v) is 5.85. The lowest BCUT2D eigenvalue weighted by molar-refractivity contribution is -0.131. The summed E-state index contributed by atoms with van der Waals surface area (Å²) in [4.78, 5) is 9.98. The zero-order valence-electron chi connectivity index (χ0n) is 5.85. The van der Waals surface area contributed by atoms with E-state index in [2.05, 4.69) is 0 Å². The predicted molar refractivity (Wildman–Crippen MR) is 36.0 cm³/mol. The summed E-state index contributed by atoms with van der Waals surface area (Å²) in [6, 6.07) is 4.19. The normalized spacial score (nSPS) is 9.75. The van der Waals surface area contributed by atoms with Gasteiger partial charge in [0, 0.05) is 6.08 Å². The monoisotopic (exact) mass is 161 g/mol. The lowest BCUT2D eigenvalue weighted by atomic mass is 9.94. The minimum absolute atomic E-state index is 0.593. The zero-order chi connectivity index (χ0) is 9.61. The van der Waals surface area contributed by atoms with Crippen LogP contribution in [0.5, 0.6) is 0 Å². The van der Waals surface area contributed by atoms with E-state index in [0.717, 1.165) is 6.08 Å². The fourth-order valence-electron chi connectivity index (χ4n) is 0.383. The van der Waals surface area contributed by atoms with Crippen LogP contribution in [0.4, 0.5) is 0 Å². The first-order chi connectivity index (χ1) is 5.60. The number of carboxylic acids is 1. The highest BCUT2D eigenvalue weighted by molar-refractivity contribution is 5.80. The van der Waals surface area contributed by atoms with Gasteiger partial charge in [-0.05, 0) is 6.08 Å². The van der Waals surface area contributed by atoms with Gasteiger partial charge in [-0.1, -0.05) is 0 Å². The summed E-state index contributed by atoms with van der Waals surface area (Å²) in [5.41, 5.74) is -1.99. The average Bonchev–Trinajstić information content (AvgIpc) is 2.08. The molecule has 0 saturated carbocycles. The molecule has 5 nitrogen and oxygen atoms in total. The molecule has 0 saturated heterocycles. The van der Waals surface area contributed by atoms with Crippen molar-refractivity contribution in [2.24, 2.45) is 5.41 Å². The van der Waals surface area contributed by atoms with E-state index in [0.29, 0.717) is 6.08 Å². The molecule has 0 rings (SSSR count). The molecule has 0 aliphatic rings. The fraction of sp³-hybridized carbons (Fsp3) is 0.143. The standard InChI is InChI=1S/C7H3N3O2/c8-3-7(4-9,5-10)2-1-6(11)12/h1-2H,(H,11,12). The Labute approximate surface area is 68.4 Å². The third-order valence-corrected chi connectivity index (χ3v) is 1.00. The summed E-state index contributed by atoms with van der Waals surface area (Å²) in [5.74, 6) is -1.31. The molecule has 12 heavy (non-hydrogen) atoms. The highest BCUT2D eigenvalue weighted by atomic mass is 16.4. The molecule has 0 atom stereocenters. The number of hydrogen-bond acceptors (Lipinski definition) is 4. The molecule has 0 aliphatic carbocycles. The molecule has 0 amide bonds. The number of nitriles is 3. The summed E-state index contributed by atoms with van der Waals surface area (Å²) < 4.78 is 0. The maximum absolute atomic E-state index is 9.98. The first-order valence-electron chi connectivity index (χ1n) is 2.76. The Hall–Kier alpha value is -2.32. The van der Waals surface area contributed by atoms with E-state index in [1.54, 1.807) is 0 Å². The van der Waals surface area contributed by atoms with Gasteiger partial charge in [-0.15, -0.1) is 0 Å². The largest absolute Gasteiger partial charge is 0.478 e. The summed E-state index contributed by atoms with van der Waals surface area (Å²) in [6.45, 7) is 0. The topological polar surface area (TPSA) is 109 Å². The molecular weight excluding hydrogens is 158 g/mol. The van der Waals surface area contributed by atoms with Crippen molar-refractivity contribution < 1.29 is 9.90 Å². The highest BCUT2D eigenvalue weighted by Crippen LogP contribution is 2.14. The van der Waals surface area contributed by atoms with Crippen molar-refractivity contribution in [1.82, 2.24) is 0 Å². The van der Waals surface area contributed by atoms with Crippen molar-refractivity contribution in [3.63, 3.8) is 0 Å². The van der Waals surface area contributed by atoms with Crippen molar-refractivity contribution in [2.75, 3.05) is 0 Å². The van der Waals surface area contributed by atoms with E-state index < -0.39 is 11.4 Å². The smallest absolute Gasteiger partial charge is 0.328 e. The molecule has 0 aromatic rings. The first kappa shape index (κ1) is 9.68.